The van der Waals surface area contributed by atoms with Crippen LogP contribution < -0.4 is 5.32 Å². The quantitative estimate of drug-likeness (QED) is 0.561. The van der Waals surface area contributed by atoms with E-state index in [-0.39, 0.29) is 12.0 Å². The number of carbonyl (C=O) groups is 1. The molecule has 0 saturated carbocycles. The van der Waals surface area contributed by atoms with Crippen LogP contribution in [-0.4, -0.2) is 55.3 Å². The average molecular weight is 254 g/mol. The van der Waals surface area contributed by atoms with Crippen LogP contribution in [0.1, 0.15) is 33.6 Å². The highest BCUT2D eigenvalue weighted by atomic mass is 16.6. The Morgan fingerprint density at radius 2 is 1.89 bits per heavy atom. The fraction of sp³-hybridized carbons (Fsp3) is 0.917. The van der Waals surface area contributed by atoms with Crippen LogP contribution in [0.3, 0.4) is 0 Å². The number of piperidine rings is 1. The zero-order valence-corrected chi connectivity index (χ0v) is 11.7. The largest absolute Gasteiger partial charge is 0.444 e. The minimum atomic E-state index is -1.36. The first-order chi connectivity index (χ1) is 8.15. The van der Waals surface area contributed by atoms with Crippen molar-refractivity contribution < 1.29 is 14.6 Å². The summed E-state index contributed by atoms with van der Waals surface area (Å²) in [7, 11) is 7.35. The van der Waals surface area contributed by atoms with E-state index in [1.807, 2.05) is 20.8 Å². The predicted molar refractivity (Wildman–Crippen MR) is 70.3 cm³/mol. The summed E-state index contributed by atoms with van der Waals surface area (Å²) < 4.78 is 5.30. The van der Waals surface area contributed by atoms with E-state index >= 15 is 0 Å². The molecule has 0 aromatic rings. The Morgan fingerprint density at radius 3 is 2.28 bits per heavy atom. The van der Waals surface area contributed by atoms with Crippen molar-refractivity contribution in [2.24, 2.45) is 5.92 Å². The van der Waals surface area contributed by atoms with Crippen LogP contribution in [0, 0.1) is 5.92 Å². The number of rotatable bonds is 2. The second-order valence-corrected chi connectivity index (χ2v) is 5.82. The molecule has 5 nitrogen and oxygen atoms in total. The van der Waals surface area contributed by atoms with Gasteiger partial charge in [-0.1, -0.05) is 0 Å². The van der Waals surface area contributed by atoms with E-state index in [0.29, 0.717) is 25.9 Å². The molecule has 18 heavy (non-hydrogen) atoms. The standard InChI is InChI=1S/C12H23BN2O3/c1-11(2,3)18-10(16)15-7-5-9(6-8-15)12(13,17)14-4/h9,14,17H,5-8H2,1-4H3. The first-order valence-corrected chi connectivity index (χ1v) is 6.34. The Kier molecular flexibility index (Phi) is 4.67. The lowest BCUT2D eigenvalue weighted by Gasteiger charge is -2.40. The van der Waals surface area contributed by atoms with Gasteiger partial charge in [0.1, 0.15) is 13.4 Å². The second kappa shape index (κ2) is 5.49. The number of ether oxygens (including phenoxy) is 1. The molecule has 1 saturated heterocycles. The highest BCUT2D eigenvalue weighted by Crippen LogP contribution is 2.25. The van der Waals surface area contributed by atoms with Gasteiger partial charge in [0.15, 0.2) is 0 Å². The number of likely N-dealkylation sites (tertiary alicyclic amines) is 1. The van der Waals surface area contributed by atoms with Crippen molar-refractivity contribution in [3.63, 3.8) is 0 Å². The van der Waals surface area contributed by atoms with Crippen molar-refractivity contribution in [2.45, 2.75) is 44.8 Å². The molecule has 1 fully saturated rings. The normalized spacial score (nSPS) is 21.5. The summed E-state index contributed by atoms with van der Waals surface area (Å²) in [6.45, 7) is 6.65. The zero-order valence-electron chi connectivity index (χ0n) is 11.7. The maximum absolute atomic E-state index is 11.8. The van der Waals surface area contributed by atoms with E-state index in [0.717, 1.165) is 0 Å². The van der Waals surface area contributed by atoms with E-state index < -0.39 is 11.2 Å². The summed E-state index contributed by atoms with van der Waals surface area (Å²) >= 11 is 0. The van der Waals surface area contributed by atoms with Gasteiger partial charge in [0.2, 0.25) is 0 Å². The van der Waals surface area contributed by atoms with Gasteiger partial charge in [0.05, 0.1) is 5.62 Å². The van der Waals surface area contributed by atoms with Gasteiger partial charge in [0, 0.05) is 13.1 Å². The molecule has 0 spiro atoms. The molecular formula is C12H23BN2O3. The Labute approximate surface area is 110 Å². The number of amides is 1. The van der Waals surface area contributed by atoms with Gasteiger partial charge in [0.25, 0.3) is 0 Å². The lowest BCUT2D eigenvalue weighted by Crippen LogP contribution is -2.54. The van der Waals surface area contributed by atoms with Crippen LogP contribution >= 0.6 is 0 Å². The molecule has 1 atom stereocenters. The number of hydrogen-bond acceptors (Lipinski definition) is 4. The van der Waals surface area contributed by atoms with E-state index in [9.17, 15) is 9.90 Å². The third kappa shape index (κ3) is 4.17. The van der Waals surface area contributed by atoms with Crippen molar-refractivity contribution in [1.29, 1.82) is 0 Å². The molecule has 2 radical (unpaired) electrons. The van der Waals surface area contributed by atoms with E-state index in [1.165, 1.54) is 0 Å². The van der Waals surface area contributed by atoms with E-state index in [1.54, 1.807) is 11.9 Å². The summed E-state index contributed by atoms with van der Waals surface area (Å²) in [5, 5.41) is 12.6. The van der Waals surface area contributed by atoms with Crippen molar-refractivity contribution in [3.05, 3.63) is 0 Å². The van der Waals surface area contributed by atoms with Gasteiger partial charge in [-0.25, -0.2) is 4.79 Å². The maximum Gasteiger partial charge on any atom is 0.410 e. The van der Waals surface area contributed by atoms with Gasteiger partial charge in [-0.15, -0.1) is 0 Å². The molecule has 2 N–H and O–H groups in total. The summed E-state index contributed by atoms with van der Waals surface area (Å²) in [4.78, 5) is 13.5. The molecule has 1 rings (SSSR count). The topological polar surface area (TPSA) is 61.8 Å². The molecule has 1 aliphatic heterocycles. The monoisotopic (exact) mass is 254 g/mol. The highest BCUT2D eigenvalue weighted by Gasteiger charge is 2.34. The third-order valence-electron chi connectivity index (χ3n) is 3.17. The fourth-order valence-electron chi connectivity index (χ4n) is 2.03. The maximum atomic E-state index is 11.8. The Hall–Kier alpha value is -0.745. The Morgan fingerprint density at radius 1 is 1.39 bits per heavy atom. The number of nitrogens with zero attached hydrogens (tertiary/aromatic N) is 1. The first-order valence-electron chi connectivity index (χ1n) is 6.34. The van der Waals surface area contributed by atoms with Crippen LogP contribution in [0.2, 0.25) is 0 Å². The van der Waals surface area contributed by atoms with Crippen LogP contribution in [0.25, 0.3) is 0 Å². The van der Waals surface area contributed by atoms with Gasteiger partial charge >= 0.3 is 6.09 Å². The third-order valence-corrected chi connectivity index (χ3v) is 3.17. The molecule has 1 unspecified atom stereocenters. The molecule has 1 amide bonds. The zero-order chi connectivity index (χ0) is 14.0. The predicted octanol–water partition coefficient (Wildman–Crippen LogP) is 0.667. The molecule has 102 valence electrons. The minimum absolute atomic E-state index is 0.0545. The fourth-order valence-corrected chi connectivity index (χ4v) is 2.03. The number of hydrogen-bond donors (Lipinski definition) is 2. The first kappa shape index (κ1) is 15.3. The molecule has 0 aliphatic carbocycles. The van der Waals surface area contributed by atoms with Crippen LogP contribution in [0.15, 0.2) is 0 Å². The minimum Gasteiger partial charge on any atom is -0.444 e. The van der Waals surface area contributed by atoms with Gasteiger partial charge < -0.3 is 20.1 Å². The average Bonchev–Trinajstić information content (AvgIpc) is 2.27. The van der Waals surface area contributed by atoms with E-state index in [2.05, 4.69) is 5.32 Å². The van der Waals surface area contributed by atoms with Gasteiger partial charge in [-0.05, 0) is 46.6 Å². The summed E-state index contributed by atoms with van der Waals surface area (Å²) in [5.74, 6) is -0.0545. The van der Waals surface area contributed by atoms with Crippen LogP contribution in [-0.2, 0) is 4.74 Å². The molecule has 1 aliphatic rings. The van der Waals surface area contributed by atoms with Crippen molar-refractivity contribution >= 4 is 13.9 Å². The Bertz CT molecular complexity index is 294. The smallest absolute Gasteiger partial charge is 0.410 e. The molecule has 0 bridgehead atoms. The number of carbonyl (C=O) groups excluding carboxylic acids is 1. The second-order valence-electron chi connectivity index (χ2n) is 5.82. The SMILES string of the molecule is [B]C(O)(NC)C1CCN(C(=O)OC(C)(C)C)CC1. The van der Waals surface area contributed by atoms with Gasteiger partial charge in [-0.3, -0.25) is 0 Å². The molecule has 1 heterocycles. The van der Waals surface area contributed by atoms with E-state index in [4.69, 9.17) is 12.6 Å². The number of aliphatic hydroxyl groups is 1. The lowest BCUT2D eigenvalue weighted by atomic mass is 9.74. The van der Waals surface area contributed by atoms with Crippen LogP contribution in [0.5, 0.6) is 0 Å². The molecular weight excluding hydrogens is 231 g/mol. The lowest BCUT2D eigenvalue weighted by molar-refractivity contribution is -0.0115. The van der Waals surface area contributed by atoms with Crippen molar-refractivity contribution in [2.75, 3.05) is 20.1 Å². The summed E-state index contributed by atoms with van der Waals surface area (Å²) in [5.41, 5.74) is -1.84. The van der Waals surface area contributed by atoms with Crippen molar-refractivity contribution in [3.8, 4) is 0 Å². The van der Waals surface area contributed by atoms with Gasteiger partial charge in [-0.2, -0.15) is 0 Å². The number of nitrogens with one attached hydrogen (secondary N) is 1. The van der Waals surface area contributed by atoms with Crippen LogP contribution in [0.4, 0.5) is 4.79 Å². The Balaban J connectivity index is 2.47. The highest BCUT2D eigenvalue weighted by molar-refractivity contribution is 6.14. The summed E-state index contributed by atoms with van der Waals surface area (Å²) in [6.07, 6.45) is 1.02. The molecule has 6 heteroatoms. The molecule has 0 aromatic heterocycles. The molecule has 0 aromatic carbocycles. The summed E-state index contributed by atoms with van der Waals surface area (Å²) in [6, 6.07) is 0. The van der Waals surface area contributed by atoms with Crippen molar-refractivity contribution in [1.82, 2.24) is 10.2 Å².